The van der Waals surface area contributed by atoms with Gasteiger partial charge >= 0.3 is 0 Å². The first-order chi connectivity index (χ1) is 17.9. The van der Waals surface area contributed by atoms with Gasteiger partial charge in [0.15, 0.2) is 11.5 Å². The number of nitrogens with two attached hydrogens (primary N) is 2. The molecule has 0 spiro atoms. The largest absolute Gasteiger partial charge is 0.493 e. The van der Waals surface area contributed by atoms with Gasteiger partial charge in [0.25, 0.3) is 0 Å². The van der Waals surface area contributed by atoms with Gasteiger partial charge in [-0.3, -0.25) is 14.8 Å². The number of rotatable bonds is 9. The number of aromatic amines is 1. The highest BCUT2D eigenvalue weighted by molar-refractivity contribution is 8.03. The standard InChI is InChI=1S/C28H33N5O3S/c1-28(12-16-37-26(28)27(30)34)24-18(7-9-22-20-5-3-4-6-21(20)31-32-22)8-10-23(25(24)35-2)36-15-14-33-13-11-19(29)17-33/h3-10,12,16,19,26H,11,13-15,17,29H2,1-2H3,(H2,30,34)(H,31,32)/b9-7+. The van der Waals surface area contributed by atoms with Crippen LogP contribution in [-0.4, -0.2) is 65.6 Å². The molecule has 0 bridgehead atoms. The zero-order valence-corrected chi connectivity index (χ0v) is 22.0. The van der Waals surface area contributed by atoms with Crippen molar-refractivity contribution in [1.29, 1.82) is 0 Å². The first-order valence-corrected chi connectivity index (χ1v) is 13.4. The Balaban J connectivity index is 1.52. The Kier molecular flexibility index (Phi) is 7.28. The van der Waals surface area contributed by atoms with Crippen molar-refractivity contribution in [1.82, 2.24) is 15.1 Å². The normalized spacial score (nSPS) is 23.9. The highest BCUT2D eigenvalue weighted by Gasteiger charge is 2.44. The van der Waals surface area contributed by atoms with Crippen molar-refractivity contribution >= 4 is 40.7 Å². The minimum absolute atomic E-state index is 0.233. The third kappa shape index (κ3) is 4.99. The van der Waals surface area contributed by atoms with E-state index in [9.17, 15) is 4.79 Å². The fraction of sp³-hybridized carbons (Fsp3) is 0.357. The molecule has 3 aromatic rings. The number of benzene rings is 2. The Morgan fingerprint density at radius 3 is 2.89 bits per heavy atom. The van der Waals surface area contributed by atoms with Crippen molar-refractivity contribution in [2.75, 3.05) is 33.4 Å². The van der Waals surface area contributed by atoms with E-state index >= 15 is 0 Å². The van der Waals surface area contributed by atoms with Gasteiger partial charge in [0.1, 0.15) is 11.9 Å². The number of allylic oxidation sites excluding steroid dienone is 1. The number of H-pyrrole nitrogens is 1. The molecule has 8 nitrogen and oxygen atoms in total. The fourth-order valence-electron chi connectivity index (χ4n) is 5.29. The maximum absolute atomic E-state index is 12.5. The number of hydrogen-bond donors (Lipinski definition) is 3. The van der Waals surface area contributed by atoms with Crippen LogP contribution in [0.5, 0.6) is 11.5 Å². The maximum atomic E-state index is 12.5. The highest BCUT2D eigenvalue weighted by Crippen LogP contribution is 2.50. The number of carbonyl (C=O) groups is 1. The lowest BCUT2D eigenvalue weighted by molar-refractivity contribution is -0.118. The predicted molar refractivity (Wildman–Crippen MR) is 150 cm³/mol. The molecule has 1 fully saturated rings. The number of thioether (sulfide) groups is 1. The number of para-hydroxylation sites is 1. The molecule has 37 heavy (non-hydrogen) atoms. The molecule has 0 radical (unpaired) electrons. The Bertz CT molecular complexity index is 1350. The first kappa shape index (κ1) is 25.4. The van der Waals surface area contributed by atoms with Crippen molar-refractivity contribution in [3.05, 3.63) is 64.7 Å². The summed E-state index contributed by atoms with van der Waals surface area (Å²) in [6, 6.07) is 12.2. The second kappa shape index (κ2) is 10.6. The van der Waals surface area contributed by atoms with Gasteiger partial charge in [0.2, 0.25) is 5.91 Å². The Morgan fingerprint density at radius 1 is 1.30 bits per heavy atom. The molecule has 194 valence electrons. The number of ether oxygens (including phenoxy) is 2. The summed E-state index contributed by atoms with van der Waals surface area (Å²) in [5, 5.41) is 10.0. The van der Waals surface area contributed by atoms with E-state index in [0.29, 0.717) is 18.1 Å². The van der Waals surface area contributed by atoms with E-state index in [-0.39, 0.29) is 11.9 Å². The van der Waals surface area contributed by atoms with E-state index in [1.807, 2.05) is 67.0 Å². The molecular formula is C28H33N5O3S. The van der Waals surface area contributed by atoms with Crippen LogP contribution in [0, 0.1) is 0 Å². The summed E-state index contributed by atoms with van der Waals surface area (Å²) in [6.07, 6.45) is 7.02. The third-order valence-electron chi connectivity index (χ3n) is 7.22. The fourth-order valence-corrected chi connectivity index (χ4v) is 6.42. The Labute approximate surface area is 221 Å². The minimum atomic E-state index is -0.684. The van der Waals surface area contributed by atoms with Gasteiger partial charge in [-0.2, -0.15) is 5.10 Å². The molecular weight excluding hydrogens is 486 g/mol. The van der Waals surface area contributed by atoms with Crippen molar-refractivity contribution in [2.24, 2.45) is 11.5 Å². The van der Waals surface area contributed by atoms with Crippen LogP contribution in [0.4, 0.5) is 0 Å². The van der Waals surface area contributed by atoms with Crippen LogP contribution in [0.2, 0.25) is 0 Å². The lowest BCUT2D eigenvalue weighted by Gasteiger charge is -2.32. The minimum Gasteiger partial charge on any atom is -0.493 e. The lowest BCUT2D eigenvalue weighted by Crippen LogP contribution is -2.40. The number of methoxy groups -OCH3 is 1. The summed E-state index contributed by atoms with van der Waals surface area (Å²) < 4.78 is 12.2. The summed E-state index contributed by atoms with van der Waals surface area (Å²) in [5.41, 5.74) is 14.8. The van der Waals surface area contributed by atoms with Gasteiger partial charge in [-0.15, -0.1) is 11.8 Å². The third-order valence-corrected chi connectivity index (χ3v) is 8.51. The van der Waals surface area contributed by atoms with Crippen LogP contribution in [0.1, 0.15) is 30.2 Å². The van der Waals surface area contributed by atoms with Crippen molar-refractivity contribution in [2.45, 2.75) is 30.1 Å². The average Bonchev–Trinajstić information content (AvgIpc) is 3.61. The molecule has 3 atom stereocenters. The second-order valence-electron chi connectivity index (χ2n) is 9.75. The Hall–Kier alpha value is -3.27. The summed E-state index contributed by atoms with van der Waals surface area (Å²) in [4.78, 5) is 14.8. The van der Waals surface area contributed by atoms with Crippen LogP contribution in [0.25, 0.3) is 23.1 Å². The molecule has 0 saturated carbocycles. The van der Waals surface area contributed by atoms with Crippen LogP contribution in [0.3, 0.4) is 0 Å². The number of fused-ring (bicyclic) bond motifs is 1. The zero-order chi connectivity index (χ0) is 26.0. The van der Waals surface area contributed by atoms with Gasteiger partial charge in [0, 0.05) is 35.5 Å². The molecule has 2 aliphatic rings. The number of amides is 1. The molecule has 1 amide bonds. The monoisotopic (exact) mass is 519 g/mol. The molecule has 1 aromatic heterocycles. The smallest absolute Gasteiger partial charge is 0.232 e. The van der Waals surface area contributed by atoms with Crippen molar-refractivity contribution in [3.63, 3.8) is 0 Å². The molecule has 1 saturated heterocycles. The molecule has 5 rings (SSSR count). The van der Waals surface area contributed by atoms with Crippen LogP contribution < -0.4 is 20.9 Å². The number of nitrogens with one attached hydrogen (secondary N) is 1. The highest BCUT2D eigenvalue weighted by atomic mass is 32.2. The summed E-state index contributed by atoms with van der Waals surface area (Å²) in [6.45, 7) is 5.19. The molecule has 2 aliphatic heterocycles. The number of nitrogens with zero attached hydrogens (tertiary/aromatic N) is 2. The van der Waals surface area contributed by atoms with E-state index in [2.05, 4.69) is 15.1 Å². The van der Waals surface area contributed by atoms with E-state index < -0.39 is 10.7 Å². The van der Waals surface area contributed by atoms with E-state index in [1.165, 1.54) is 11.8 Å². The van der Waals surface area contributed by atoms with Gasteiger partial charge in [-0.05, 0) is 42.1 Å². The molecule has 3 unspecified atom stereocenters. The number of primary amides is 1. The summed E-state index contributed by atoms with van der Waals surface area (Å²) >= 11 is 1.43. The lowest BCUT2D eigenvalue weighted by atomic mass is 9.76. The van der Waals surface area contributed by atoms with Crippen LogP contribution >= 0.6 is 11.8 Å². The predicted octanol–water partition coefficient (Wildman–Crippen LogP) is 3.53. The SMILES string of the molecule is COc1c(OCCN2CCC(N)C2)ccc(/C=C/c2n[nH]c3ccccc23)c1C1(C)C=CSC1C(N)=O. The molecule has 9 heteroatoms. The topological polar surface area (TPSA) is 119 Å². The second-order valence-corrected chi connectivity index (χ2v) is 10.8. The summed E-state index contributed by atoms with van der Waals surface area (Å²) in [5.74, 6) is 0.871. The van der Waals surface area contributed by atoms with Gasteiger partial charge in [-0.1, -0.05) is 43.3 Å². The van der Waals surface area contributed by atoms with E-state index in [4.69, 9.17) is 20.9 Å². The molecule has 0 aliphatic carbocycles. The molecule has 2 aromatic carbocycles. The van der Waals surface area contributed by atoms with Crippen molar-refractivity contribution in [3.8, 4) is 11.5 Å². The molecule has 3 heterocycles. The molecule has 5 N–H and O–H groups in total. The average molecular weight is 520 g/mol. The maximum Gasteiger partial charge on any atom is 0.232 e. The first-order valence-electron chi connectivity index (χ1n) is 12.5. The van der Waals surface area contributed by atoms with Crippen molar-refractivity contribution < 1.29 is 14.3 Å². The van der Waals surface area contributed by atoms with Crippen LogP contribution in [-0.2, 0) is 10.2 Å². The number of carbonyl (C=O) groups excluding carboxylic acids is 1. The van der Waals surface area contributed by atoms with E-state index in [1.54, 1.807) is 7.11 Å². The quantitative estimate of drug-likeness (QED) is 0.396. The van der Waals surface area contributed by atoms with E-state index in [0.717, 1.165) is 53.8 Å². The number of likely N-dealkylation sites (tertiary alicyclic amines) is 1. The Morgan fingerprint density at radius 2 is 2.14 bits per heavy atom. The zero-order valence-electron chi connectivity index (χ0n) is 21.1. The van der Waals surface area contributed by atoms with Crippen LogP contribution in [0.15, 0.2) is 47.9 Å². The van der Waals surface area contributed by atoms with Gasteiger partial charge in [-0.25, -0.2) is 0 Å². The summed E-state index contributed by atoms with van der Waals surface area (Å²) in [7, 11) is 1.63. The number of aromatic nitrogens is 2. The number of hydrogen-bond acceptors (Lipinski definition) is 7. The van der Waals surface area contributed by atoms with Gasteiger partial charge in [0.05, 0.1) is 18.3 Å². The van der Waals surface area contributed by atoms with Gasteiger partial charge < -0.3 is 20.9 Å².